The maximum atomic E-state index is 13.7. The number of benzene rings is 1. The average Bonchev–Trinajstić information content (AvgIpc) is 3.09. The molecule has 116 valence electrons. The Balaban J connectivity index is 1.62. The molecular formula is C16H17F2N3O. The van der Waals surface area contributed by atoms with Gasteiger partial charge in [-0.05, 0) is 37.4 Å². The lowest BCUT2D eigenvalue weighted by Gasteiger charge is -2.24. The molecule has 1 aromatic carbocycles. The normalized spacial score (nSPS) is 24.7. The monoisotopic (exact) mass is 305 g/mol. The maximum absolute atomic E-state index is 13.7. The summed E-state index contributed by atoms with van der Waals surface area (Å²) in [6.07, 6.45) is 2.27. The highest BCUT2D eigenvalue weighted by Gasteiger charge is 2.37. The Labute approximate surface area is 126 Å². The molecule has 0 saturated carbocycles. The van der Waals surface area contributed by atoms with E-state index in [0.29, 0.717) is 29.7 Å². The number of carbonyl (C=O) groups excluding carboxylic acids is 1. The fraction of sp³-hybridized carbons (Fsp3) is 0.438. The molecule has 1 aromatic heterocycles. The van der Waals surface area contributed by atoms with Crippen LogP contribution in [0.25, 0.3) is 10.9 Å². The van der Waals surface area contributed by atoms with Crippen molar-refractivity contribution in [3.63, 3.8) is 0 Å². The van der Waals surface area contributed by atoms with Crippen LogP contribution in [0.4, 0.5) is 8.78 Å². The molecule has 6 heteroatoms. The van der Waals surface area contributed by atoms with Crippen LogP contribution in [-0.4, -0.2) is 41.5 Å². The number of aromatic amines is 1. The number of piperidine rings is 1. The number of hydrogen-bond acceptors (Lipinski definition) is 2. The lowest BCUT2D eigenvalue weighted by Crippen LogP contribution is -2.41. The number of nitrogens with one attached hydrogen (secondary N) is 2. The summed E-state index contributed by atoms with van der Waals surface area (Å²) in [7, 11) is 0. The van der Waals surface area contributed by atoms with Gasteiger partial charge in [-0.15, -0.1) is 0 Å². The Bertz CT molecular complexity index is 728. The molecule has 4 rings (SSSR count). The molecule has 0 spiro atoms. The van der Waals surface area contributed by atoms with Crippen LogP contribution in [0.15, 0.2) is 18.2 Å². The summed E-state index contributed by atoms with van der Waals surface area (Å²) >= 11 is 0. The predicted octanol–water partition coefficient (Wildman–Crippen LogP) is 2.27. The van der Waals surface area contributed by atoms with E-state index in [2.05, 4.69) is 10.3 Å². The Morgan fingerprint density at radius 2 is 2.09 bits per heavy atom. The molecule has 2 atom stereocenters. The van der Waals surface area contributed by atoms with E-state index < -0.39 is 11.6 Å². The number of aromatic nitrogens is 1. The highest BCUT2D eigenvalue weighted by Crippen LogP contribution is 2.27. The molecule has 2 saturated heterocycles. The van der Waals surface area contributed by atoms with Crippen molar-refractivity contribution in [2.75, 3.05) is 19.6 Å². The second-order valence-electron chi connectivity index (χ2n) is 6.20. The number of halogens is 2. The molecule has 2 fully saturated rings. The summed E-state index contributed by atoms with van der Waals surface area (Å²) in [4.78, 5) is 17.2. The lowest BCUT2D eigenvalue weighted by molar-refractivity contribution is 0.0781. The molecule has 4 nitrogen and oxygen atoms in total. The van der Waals surface area contributed by atoms with Crippen LogP contribution in [-0.2, 0) is 0 Å². The summed E-state index contributed by atoms with van der Waals surface area (Å²) < 4.78 is 27.0. The van der Waals surface area contributed by atoms with Gasteiger partial charge < -0.3 is 15.2 Å². The van der Waals surface area contributed by atoms with Crippen LogP contribution < -0.4 is 5.32 Å². The smallest absolute Gasteiger partial charge is 0.270 e. The molecule has 2 unspecified atom stereocenters. The quantitative estimate of drug-likeness (QED) is 0.849. The average molecular weight is 305 g/mol. The van der Waals surface area contributed by atoms with E-state index in [0.717, 1.165) is 32.0 Å². The standard InChI is InChI=1S/C16H17F2N3O/c17-10-4-12(18)11-6-14(20-13(11)5-10)16(22)21-7-9-2-1-3-19-15(9)8-21/h4-6,9,15,19-20H,1-3,7-8H2. The van der Waals surface area contributed by atoms with E-state index in [4.69, 9.17) is 0 Å². The van der Waals surface area contributed by atoms with E-state index in [1.807, 2.05) is 0 Å². The van der Waals surface area contributed by atoms with Gasteiger partial charge in [-0.2, -0.15) is 0 Å². The largest absolute Gasteiger partial charge is 0.350 e. The molecule has 2 aromatic rings. The molecule has 0 aliphatic carbocycles. The van der Waals surface area contributed by atoms with Crippen LogP contribution in [0, 0.1) is 17.6 Å². The highest BCUT2D eigenvalue weighted by atomic mass is 19.1. The zero-order valence-corrected chi connectivity index (χ0v) is 12.0. The third-order valence-corrected chi connectivity index (χ3v) is 4.77. The van der Waals surface area contributed by atoms with Crippen LogP contribution in [0.1, 0.15) is 23.3 Å². The van der Waals surface area contributed by atoms with Gasteiger partial charge in [-0.1, -0.05) is 0 Å². The van der Waals surface area contributed by atoms with Crippen LogP contribution >= 0.6 is 0 Å². The second-order valence-corrected chi connectivity index (χ2v) is 6.20. The summed E-state index contributed by atoms with van der Waals surface area (Å²) in [6, 6.07) is 3.87. The van der Waals surface area contributed by atoms with Crippen molar-refractivity contribution in [1.29, 1.82) is 0 Å². The second kappa shape index (κ2) is 5.05. The van der Waals surface area contributed by atoms with Gasteiger partial charge in [0.1, 0.15) is 17.3 Å². The van der Waals surface area contributed by atoms with Crippen molar-refractivity contribution in [2.24, 2.45) is 5.92 Å². The number of likely N-dealkylation sites (tertiary alicyclic amines) is 1. The van der Waals surface area contributed by atoms with E-state index in [-0.39, 0.29) is 11.3 Å². The molecule has 0 radical (unpaired) electrons. The number of H-pyrrole nitrogens is 1. The van der Waals surface area contributed by atoms with Crippen molar-refractivity contribution in [3.8, 4) is 0 Å². The van der Waals surface area contributed by atoms with E-state index in [1.54, 1.807) is 4.90 Å². The van der Waals surface area contributed by atoms with Crippen molar-refractivity contribution in [3.05, 3.63) is 35.5 Å². The van der Waals surface area contributed by atoms with Crippen molar-refractivity contribution in [2.45, 2.75) is 18.9 Å². The number of rotatable bonds is 1. The minimum atomic E-state index is -0.651. The first-order valence-electron chi connectivity index (χ1n) is 7.62. The third kappa shape index (κ3) is 2.18. The Morgan fingerprint density at radius 3 is 2.91 bits per heavy atom. The molecule has 2 aliphatic rings. The van der Waals surface area contributed by atoms with Gasteiger partial charge in [0.25, 0.3) is 5.91 Å². The first-order valence-corrected chi connectivity index (χ1v) is 7.62. The fourth-order valence-electron chi connectivity index (χ4n) is 3.66. The minimum Gasteiger partial charge on any atom is -0.350 e. The van der Waals surface area contributed by atoms with Crippen LogP contribution in [0.5, 0.6) is 0 Å². The van der Waals surface area contributed by atoms with Crippen LogP contribution in [0.3, 0.4) is 0 Å². The van der Waals surface area contributed by atoms with Gasteiger partial charge in [0, 0.05) is 30.6 Å². The maximum Gasteiger partial charge on any atom is 0.270 e. The summed E-state index contributed by atoms with van der Waals surface area (Å²) in [5.41, 5.74) is 0.633. The van der Waals surface area contributed by atoms with Gasteiger partial charge in [0.2, 0.25) is 0 Å². The Morgan fingerprint density at radius 1 is 1.23 bits per heavy atom. The first-order chi connectivity index (χ1) is 10.6. The molecule has 2 N–H and O–H groups in total. The molecule has 0 bridgehead atoms. The number of carbonyl (C=O) groups is 1. The molecule has 2 aliphatic heterocycles. The fourth-order valence-corrected chi connectivity index (χ4v) is 3.66. The first kappa shape index (κ1) is 13.7. The lowest BCUT2D eigenvalue weighted by atomic mass is 9.94. The van der Waals surface area contributed by atoms with Gasteiger partial charge in [0.15, 0.2) is 0 Å². The Kier molecular flexibility index (Phi) is 3.14. The molecule has 3 heterocycles. The number of nitrogens with zero attached hydrogens (tertiary/aromatic N) is 1. The van der Waals surface area contributed by atoms with E-state index in [9.17, 15) is 13.6 Å². The Hall–Kier alpha value is -1.95. The number of fused-ring (bicyclic) bond motifs is 2. The highest BCUT2D eigenvalue weighted by molar-refractivity contribution is 5.98. The van der Waals surface area contributed by atoms with Crippen molar-refractivity contribution >= 4 is 16.8 Å². The molecular weight excluding hydrogens is 288 g/mol. The summed E-state index contributed by atoms with van der Waals surface area (Å²) in [6.45, 7) is 2.40. The van der Waals surface area contributed by atoms with Gasteiger partial charge in [-0.25, -0.2) is 8.78 Å². The molecule has 22 heavy (non-hydrogen) atoms. The van der Waals surface area contributed by atoms with Gasteiger partial charge in [0.05, 0.1) is 5.52 Å². The number of amides is 1. The zero-order valence-electron chi connectivity index (χ0n) is 12.0. The third-order valence-electron chi connectivity index (χ3n) is 4.77. The van der Waals surface area contributed by atoms with Gasteiger partial charge in [-0.3, -0.25) is 4.79 Å². The summed E-state index contributed by atoms with van der Waals surface area (Å²) in [5.74, 6) is -0.951. The number of hydrogen-bond donors (Lipinski definition) is 2. The van der Waals surface area contributed by atoms with Crippen LogP contribution in [0.2, 0.25) is 0 Å². The predicted molar refractivity (Wildman–Crippen MR) is 78.6 cm³/mol. The van der Waals surface area contributed by atoms with Crippen molar-refractivity contribution < 1.29 is 13.6 Å². The zero-order chi connectivity index (χ0) is 15.3. The minimum absolute atomic E-state index is 0.146. The summed E-state index contributed by atoms with van der Waals surface area (Å²) in [5, 5.41) is 3.70. The topological polar surface area (TPSA) is 48.1 Å². The molecule has 1 amide bonds. The van der Waals surface area contributed by atoms with Crippen molar-refractivity contribution in [1.82, 2.24) is 15.2 Å². The van der Waals surface area contributed by atoms with E-state index in [1.165, 1.54) is 12.1 Å². The SMILES string of the molecule is O=C(c1cc2c(F)cc(F)cc2[nH]1)N1CC2CCCNC2C1. The van der Waals surface area contributed by atoms with E-state index >= 15 is 0 Å². The van der Waals surface area contributed by atoms with Gasteiger partial charge >= 0.3 is 0 Å².